The fraction of sp³-hybridized carbons (Fsp3) is 0.571. The summed E-state index contributed by atoms with van der Waals surface area (Å²) in [5.74, 6) is -0.249. The third kappa shape index (κ3) is 3.98. The van der Waals surface area contributed by atoms with Crippen LogP contribution in [0.1, 0.15) is 25.5 Å². The standard InChI is InChI=1S/C14H20N2O5/c1-9(4-5-11-3-2-6-21-11)15-14(20)16-8-10(17)7-12(16)13(18)19/h2-3,6,9-10,12,17H,4-5,7-8H2,1H3,(H,15,20)(H,18,19)/t9?,10-,12-/m0/s1. The van der Waals surface area contributed by atoms with Crippen molar-refractivity contribution in [2.75, 3.05) is 6.54 Å². The third-order valence-electron chi connectivity index (χ3n) is 3.60. The molecule has 3 atom stereocenters. The van der Waals surface area contributed by atoms with E-state index in [0.29, 0.717) is 12.8 Å². The van der Waals surface area contributed by atoms with E-state index in [1.54, 1.807) is 6.26 Å². The summed E-state index contributed by atoms with van der Waals surface area (Å²) in [7, 11) is 0. The molecule has 1 fully saturated rings. The van der Waals surface area contributed by atoms with Crippen LogP contribution in [0.2, 0.25) is 0 Å². The van der Waals surface area contributed by atoms with Crippen molar-refractivity contribution in [2.24, 2.45) is 0 Å². The van der Waals surface area contributed by atoms with Gasteiger partial charge in [0.1, 0.15) is 11.8 Å². The van der Waals surface area contributed by atoms with Gasteiger partial charge in [-0.05, 0) is 25.5 Å². The first-order chi connectivity index (χ1) is 9.97. The molecule has 21 heavy (non-hydrogen) atoms. The van der Waals surface area contributed by atoms with E-state index in [0.717, 1.165) is 5.76 Å². The molecule has 1 unspecified atom stereocenters. The number of urea groups is 1. The van der Waals surface area contributed by atoms with Crippen molar-refractivity contribution in [1.82, 2.24) is 10.2 Å². The molecule has 2 rings (SSSR count). The van der Waals surface area contributed by atoms with E-state index in [1.807, 2.05) is 19.1 Å². The summed E-state index contributed by atoms with van der Waals surface area (Å²) in [6, 6.07) is 2.14. The first-order valence-corrected chi connectivity index (χ1v) is 6.97. The molecule has 0 aromatic carbocycles. The fourth-order valence-electron chi connectivity index (χ4n) is 2.45. The predicted octanol–water partition coefficient (Wildman–Crippen LogP) is 0.830. The second-order valence-electron chi connectivity index (χ2n) is 5.36. The van der Waals surface area contributed by atoms with Crippen LogP contribution in [0, 0.1) is 0 Å². The lowest BCUT2D eigenvalue weighted by Gasteiger charge is -2.24. The van der Waals surface area contributed by atoms with E-state index in [-0.39, 0.29) is 19.0 Å². The topological polar surface area (TPSA) is 103 Å². The largest absolute Gasteiger partial charge is 0.480 e. The van der Waals surface area contributed by atoms with E-state index < -0.39 is 24.1 Å². The van der Waals surface area contributed by atoms with Crippen LogP contribution in [-0.2, 0) is 11.2 Å². The number of aryl methyl sites for hydroxylation is 1. The van der Waals surface area contributed by atoms with Gasteiger partial charge in [-0.1, -0.05) is 0 Å². The second-order valence-corrected chi connectivity index (χ2v) is 5.36. The minimum Gasteiger partial charge on any atom is -0.480 e. The van der Waals surface area contributed by atoms with Gasteiger partial charge in [0, 0.05) is 25.4 Å². The Kier molecular flexibility index (Phi) is 4.85. The highest BCUT2D eigenvalue weighted by molar-refractivity contribution is 5.83. The Bertz CT molecular complexity index is 488. The van der Waals surface area contributed by atoms with Crippen LogP contribution in [0.3, 0.4) is 0 Å². The molecular formula is C14H20N2O5. The Morgan fingerprint density at radius 3 is 2.95 bits per heavy atom. The lowest BCUT2D eigenvalue weighted by atomic mass is 10.1. The molecule has 0 spiro atoms. The second kappa shape index (κ2) is 6.62. The summed E-state index contributed by atoms with van der Waals surface area (Å²) >= 11 is 0. The van der Waals surface area contributed by atoms with Crippen molar-refractivity contribution in [3.63, 3.8) is 0 Å². The zero-order valence-corrected chi connectivity index (χ0v) is 11.9. The fourth-order valence-corrected chi connectivity index (χ4v) is 2.45. The molecule has 1 aliphatic heterocycles. The molecule has 116 valence electrons. The number of carboxylic acids is 1. The van der Waals surface area contributed by atoms with E-state index in [9.17, 15) is 14.7 Å². The number of hydrogen-bond donors (Lipinski definition) is 3. The van der Waals surface area contributed by atoms with Gasteiger partial charge in [0.05, 0.1) is 12.4 Å². The third-order valence-corrected chi connectivity index (χ3v) is 3.60. The molecule has 0 saturated carbocycles. The SMILES string of the molecule is CC(CCc1ccco1)NC(=O)N1C[C@@H](O)C[C@H]1C(=O)O. The number of hydrogen-bond acceptors (Lipinski definition) is 4. The number of aliphatic carboxylic acids is 1. The van der Waals surface area contributed by atoms with E-state index in [2.05, 4.69) is 5.32 Å². The molecule has 1 saturated heterocycles. The summed E-state index contributed by atoms with van der Waals surface area (Å²) in [6.07, 6.45) is 2.27. The Morgan fingerprint density at radius 2 is 2.33 bits per heavy atom. The number of likely N-dealkylation sites (tertiary alicyclic amines) is 1. The number of rotatable bonds is 5. The molecule has 1 aromatic rings. The molecular weight excluding hydrogens is 276 g/mol. The van der Waals surface area contributed by atoms with Crippen molar-refractivity contribution >= 4 is 12.0 Å². The zero-order chi connectivity index (χ0) is 15.4. The van der Waals surface area contributed by atoms with Crippen LogP contribution in [-0.4, -0.2) is 51.8 Å². The highest BCUT2D eigenvalue weighted by Crippen LogP contribution is 2.18. The van der Waals surface area contributed by atoms with Crippen LogP contribution in [0.15, 0.2) is 22.8 Å². The van der Waals surface area contributed by atoms with Crippen LogP contribution < -0.4 is 5.32 Å². The van der Waals surface area contributed by atoms with Gasteiger partial charge in [-0.15, -0.1) is 0 Å². The molecule has 0 bridgehead atoms. The minimum atomic E-state index is -1.09. The molecule has 1 aromatic heterocycles. The maximum absolute atomic E-state index is 12.1. The monoisotopic (exact) mass is 296 g/mol. The van der Waals surface area contributed by atoms with Crippen molar-refractivity contribution in [3.8, 4) is 0 Å². The molecule has 7 nitrogen and oxygen atoms in total. The van der Waals surface area contributed by atoms with E-state index >= 15 is 0 Å². The summed E-state index contributed by atoms with van der Waals surface area (Å²) in [5, 5.41) is 21.4. The van der Waals surface area contributed by atoms with Crippen LogP contribution in [0.25, 0.3) is 0 Å². The van der Waals surface area contributed by atoms with Crippen molar-refractivity contribution in [3.05, 3.63) is 24.2 Å². The molecule has 0 aliphatic carbocycles. The van der Waals surface area contributed by atoms with Gasteiger partial charge in [0.2, 0.25) is 0 Å². The normalized spacial score (nSPS) is 23.0. The van der Waals surface area contributed by atoms with Crippen molar-refractivity contribution in [1.29, 1.82) is 0 Å². The first kappa shape index (κ1) is 15.4. The van der Waals surface area contributed by atoms with Gasteiger partial charge in [-0.3, -0.25) is 0 Å². The van der Waals surface area contributed by atoms with Gasteiger partial charge in [0.15, 0.2) is 0 Å². The lowest BCUT2D eigenvalue weighted by Crippen LogP contribution is -2.48. The Balaban J connectivity index is 1.83. The maximum atomic E-state index is 12.1. The molecule has 3 N–H and O–H groups in total. The molecule has 0 radical (unpaired) electrons. The highest BCUT2D eigenvalue weighted by atomic mass is 16.4. The zero-order valence-electron chi connectivity index (χ0n) is 11.9. The molecule has 2 heterocycles. The molecule has 1 aliphatic rings. The van der Waals surface area contributed by atoms with E-state index in [4.69, 9.17) is 9.52 Å². The molecule has 7 heteroatoms. The smallest absolute Gasteiger partial charge is 0.326 e. The quantitative estimate of drug-likeness (QED) is 0.747. The van der Waals surface area contributed by atoms with Crippen LogP contribution in [0.4, 0.5) is 4.79 Å². The van der Waals surface area contributed by atoms with Gasteiger partial charge in [0.25, 0.3) is 0 Å². The van der Waals surface area contributed by atoms with E-state index in [1.165, 1.54) is 4.90 Å². The Morgan fingerprint density at radius 1 is 1.57 bits per heavy atom. The summed E-state index contributed by atoms with van der Waals surface area (Å²) in [4.78, 5) is 24.4. The Labute approximate surface area is 122 Å². The minimum absolute atomic E-state index is 0.0493. The lowest BCUT2D eigenvalue weighted by molar-refractivity contribution is -0.141. The number of nitrogens with zero attached hydrogens (tertiary/aromatic N) is 1. The van der Waals surface area contributed by atoms with Gasteiger partial charge in [-0.25, -0.2) is 9.59 Å². The summed E-state index contributed by atoms with van der Waals surface area (Å²) in [5.41, 5.74) is 0. The average molecular weight is 296 g/mol. The number of aliphatic hydroxyl groups excluding tert-OH is 1. The summed E-state index contributed by atoms with van der Waals surface area (Å²) in [6.45, 7) is 1.90. The number of amides is 2. The number of nitrogens with one attached hydrogen (secondary N) is 1. The summed E-state index contributed by atoms with van der Waals surface area (Å²) < 4.78 is 5.22. The number of carbonyl (C=O) groups is 2. The number of β-amino-alcohol motifs (C(OH)–C–C–N with tert-alkyl or cyclic N) is 1. The van der Waals surface area contributed by atoms with Gasteiger partial charge in [-0.2, -0.15) is 0 Å². The van der Waals surface area contributed by atoms with Crippen LogP contribution >= 0.6 is 0 Å². The molecule has 2 amide bonds. The average Bonchev–Trinajstić information content (AvgIpc) is 3.05. The van der Waals surface area contributed by atoms with Crippen LogP contribution in [0.5, 0.6) is 0 Å². The van der Waals surface area contributed by atoms with Crippen molar-refractivity contribution < 1.29 is 24.2 Å². The highest BCUT2D eigenvalue weighted by Gasteiger charge is 2.39. The van der Waals surface area contributed by atoms with Crippen molar-refractivity contribution in [2.45, 2.75) is 44.4 Å². The number of furan rings is 1. The number of aliphatic hydroxyl groups is 1. The number of carboxylic acid groups (broad SMARTS) is 1. The maximum Gasteiger partial charge on any atom is 0.326 e. The number of carbonyl (C=O) groups excluding carboxylic acids is 1. The Hall–Kier alpha value is -2.02. The predicted molar refractivity (Wildman–Crippen MR) is 73.8 cm³/mol. The first-order valence-electron chi connectivity index (χ1n) is 6.97. The van der Waals surface area contributed by atoms with Gasteiger partial charge >= 0.3 is 12.0 Å². The van der Waals surface area contributed by atoms with Gasteiger partial charge < -0.3 is 24.8 Å².